The van der Waals surface area contributed by atoms with Crippen molar-refractivity contribution >= 4 is 38.5 Å². The van der Waals surface area contributed by atoms with Crippen molar-refractivity contribution in [3.63, 3.8) is 0 Å². The molecule has 0 unspecified atom stereocenters. The average molecular weight is 358 g/mol. The first-order chi connectivity index (χ1) is 11.9. The number of hydrogen-bond donors (Lipinski definition) is 0. The Kier molecular flexibility index (Phi) is 3.54. The fraction of sp³-hybridized carbons (Fsp3) is 0.353. The van der Waals surface area contributed by atoms with Gasteiger partial charge in [-0.2, -0.15) is 5.10 Å². The molecule has 1 atom stereocenters. The van der Waals surface area contributed by atoms with Gasteiger partial charge in [0.2, 0.25) is 0 Å². The molecule has 1 saturated heterocycles. The number of fused-ring (bicyclic) bond motifs is 3. The topological polar surface area (TPSA) is 84.6 Å². The van der Waals surface area contributed by atoms with Gasteiger partial charge in [0, 0.05) is 18.5 Å². The van der Waals surface area contributed by atoms with Crippen LogP contribution in [0.5, 0.6) is 0 Å². The lowest BCUT2D eigenvalue weighted by Crippen LogP contribution is -2.33. The van der Waals surface area contributed by atoms with Gasteiger partial charge in [-0.1, -0.05) is 12.1 Å². The van der Waals surface area contributed by atoms with E-state index in [4.69, 9.17) is 0 Å². The average Bonchev–Trinajstić information content (AvgIpc) is 3.12. The zero-order valence-corrected chi connectivity index (χ0v) is 14.8. The molecule has 2 aromatic heterocycles. The summed E-state index contributed by atoms with van der Waals surface area (Å²) in [7, 11) is -1.13. The van der Waals surface area contributed by atoms with Gasteiger partial charge in [-0.25, -0.2) is 17.9 Å². The van der Waals surface area contributed by atoms with Crippen molar-refractivity contribution in [1.29, 1.82) is 0 Å². The molecule has 4 rings (SSSR count). The maximum absolute atomic E-state index is 11.8. The predicted molar refractivity (Wildman–Crippen MR) is 96.1 cm³/mol. The summed E-state index contributed by atoms with van der Waals surface area (Å²) >= 11 is 0. The second-order valence-electron chi connectivity index (χ2n) is 6.47. The van der Waals surface area contributed by atoms with Crippen molar-refractivity contribution in [2.45, 2.75) is 19.4 Å². The molecule has 0 saturated carbocycles. The lowest BCUT2D eigenvalue weighted by atomic mass is 10.1. The third-order valence-corrected chi connectivity index (χ3v) is 6.62. The van der Waals surface area contributed by atoms with Crippen LogP contribution in [-0.2, 0) is 9.84 Å². The van der Waals surface area contributed by atoms with Crippen molar-refractivity contribution in [1.82, 2.24) is 14.6 Å². The Hall–Kier alpha value is -2.48. The summed E-state index contributed by atoms with van der Waals surface area (Å²) < 4.78 is 25.4. The molecule has 0 radical (unpaired) electrons. The van der Waals surface area contributed by atoms with Crippen LogP contribution in [-0.4, -0.2) is 53.9 Å². The van der Waals surface area contributed by atoms with E-state index in [0.29, 0.717) is 29.1 Å². The van der Waals surface area contributed by atoms with E-state index in [9.17, 15) is 13.2 Å². The minimum Gasteiger partial charge on any atom is -0.355 e. The Balaban J connectivity index is 1.97. The van der Waals surface area contributed by atoms with Crippen LogP contribution in [0.25, 0.3) is 16.6 Å². The molecular weight excluding hydrogens is 340 g/mol. The van der Waals surface area contributed by atoms with Gasteiger partial charge in [0.15, 0.2) is 21.8 Å². The zero-order chi connectivity index (χ0) is 17.8. The summed E-state index contributed by atoms with van der Waals surface area (Å²) in [6.07, 6.45) is 1.35. The molecule has 1 aromatic carbocycles. The predicted octanol–water partition coefficient (Wildman–Crippen LogP) is 1.63. The smallest absolute Gasteiger partial charge is 0.168 e. The van der Waals surface area contributed by atoms with Crippen LogP contribution < -0.4 is 4.90 Å². The van der Waals surface area contributed by atoms with Crippen molar-refractivity contribution in [3.8, 4) is 0 Å². The summed E-state index contributed by atoms with van der Waals surface area (Å²) in [5, 5.41) is 5.32. The second-order valence-corrected chi connectivity index (χ2v) is 8.70. The maximum Gasteiger partial charge on any atom is 0.168 e. The summed E-state index contributed by atoms with van der Waals surface area (Å²) in [5.74, 6) is 1.00. The van der Waals surface area contributed by atoms with E-state index in [0.717, 1.165) is 17.2 Å². The number of hydrogen-bond acceptors (Lipinski definition) is 6. The van der Waals surface area contributed by atoms with E-state index in [1.807, 2.05) is 36.2 Å². The number of carbonyl (C=O) groups excluding carboxylic acids is 1. The largest absolute Gasteiger partial charge is 0.355 e. The fourth-order valence-corrected chi connectivity index (χ4v) is 5.25. The van der Waals surface area contributed by atoms with E-state index < -0.39 is 9.84 Å². The van der Waals surface area contributed by atoms with Crippen molar-refractivity contribution in [2.24, 2.45) is 0 Å². The Labute approximate surface area is 145 Å². The van der Waals surface area contributed by atoms with Gasteiger partial charge in [-0.05, 0) is 25.5 Å². The molecule has 8 heteroatoms. The van der Waals surface area contributed by atoms with Gasteiger partial charge < -0.3 is 4.90 Å². The molecule has 1 fully saturated rings. The number of aldehydes is 1. The standard InChI is InChI=1S/C17H18N4O3S/c1-11-14(9-22)17-18-16(20(2)12-7-8-25(23,24)10-12)13-5-3-4-6-15(13)21(17)19-11/h3-6,9,12H,7-8,10H2,1-2H3/t12-/m0/s1. The third kappa shape index (κ3) is 2.48. The van der Waals surface area contributed by atoms with Crippen LogP contribution in [0.3, 0.4) is 0 Å². The van der Waals surface area contributed by atoms with Crippen molar-refractivity contribution < 1.29 is 13.2 Å². The van der Waals surface area contributed by atoms with Gasteiger partial charge in [0.25, 0.3) is 0 Å². The quantitative estimate of drug-likeness (QED) is 0.662. The highest BCUT2D eigenvalue weighted by Gasteiger charge is 2.32. The number of aryl methyl sites for hydroxylation is 1. The fourth-order valence-electron chi connectivity index (χ4n) is 3.47. The number of sulfone groups is 1. The molecule has 0 N–H and O–H groups in total. The Morgan fingerprint density at radius 3 is 2.76 bits per heavy atom. The molecule has 130 valence electrons. The molecule has 7 nitrogen and oxygen atoms in total. The van der Waals surface area contributed by atoms with Gasteiger partial charge in [-0.3, -0.25) is 4.79 Å². The van der Waals surface area contributed by atoms with Crippen LogP contribution in [0, 0.1) is 6.92 Å². The Morgan fingerprint density at radius 2 is 2.08 bits per heavy atom. The number of rotatable bonds is 3. The lowest BCUT2D eigenvalue weighted by molar-refractivity contribution is 0.112. The highest BCUT2D eigenvalue weighted by Crippen LogP contribution is 2.30. The van der Waals surface area contributed by atoms with Crippen LogP contribution >= 0.6 is 0 Å². The normalized spacial score (nSPS) is 19.5. The molecule has 1 aliphatic heterocycles. The minimum absolute atomic E-state index is 0.118. The molecule has 3 heterocycles. The van der Waals surface area contributed by atoms with Crippen LogP contribution in [0.1, 0.15) is 22.5 Å². The van der Waals surface area contributed by atoms with Crippen LogP contribution in [0.2, 0.25) is 0 Å². The molecule has 25 heavy (non-hydrogen) atoms. The van der Waals surface area contributed by atoms with Gasteiger partial charge in [-0.15, -0.1) is 0 Å². The summed E-state index contributed by atoms with van der Waals surface area (Å²) in [6, 6.07) is 7.56. The number of anilines is 1. The van der Waals surface area contributed by atoms with Gasteiger partial charge in [0.1, 0.15) is 5.82 Å². The van der Waals surface area contributed by atoms with E-state index >= 15 is 0 Å². The first-order valence-corrected chi connectivity index (χ1v) is 9.90. The Morgan fingerprint density at radius 1 is 1.32 bits per heavy atom. The number of aromatic nitrogens is 3. The molecular formula is C17H18N4O3S. The number of benzene rings is 1. The SMILES string of the molecule is Cc1nn2c(nc(N(C)[C@H]3CCS(=O)(=O)C3)c3ccccc32)c1C=O. The molecule has 0 amide bonds. The molecule has 0 spiro atoms. The van der Waals surface area contributed by atoms with E-state index in [-0.39, 0.29) is 17.5 Å². The molecule has 1 aliphatic rings. The zero-order valence-electron chi connectivity index (χ0n) is 14.0. The summed E-state index contributed by atoms with van der Waals surface area (Å²) in [4.78, 5) is 18.1. The lowest BCUT2D eigenvalue weighted by Gasteiger charge is -2.26. The van der Waals surface area contributed by atoms with E-state index in [1.165, 1.54) is 0 Å². The third-order valence-electron chi connectivity index (χ3n) is 4.87. The highest BCUT2D eigenvalue weighted by atomic mass is 32.2. The van der Waals surface area contributed by atoms with Crippen molar-refractivity contribution in [3.05, 3.63) is 35.5 Å². The molecule has 0 aliphatic carbocycles. The monoisotopic (exact) mass is 358 g/mol. The maximum atomic E-state index is 11.8. The minimum atomic E-state index is -3.00. The second kappa shape index (κ2) is 5.52. The summed E-state index contributed by atoms with van der Waals surface area (Å²) in [5.41, 5.74) is 2.41. The van der Waals surface area contributed by atoms with Gasteiger partial charge in [0.05, 0.1) is 28.3 Å². The summed E-state index contributed by atoms with van der Waals surface area (Å²) in [6.45, 7) is 1.78. The van der Waals surface area contributed by atoms with Gasteiger partial charge >= 0.3 is 0 Å². The van der Waals surface area contributed by atoms with Crippen molar-refractivity contribution in [2.75, 3.05) is 23.5 Å². The first kappa shape index (κ1) is 16.0. The van der Waals surface area contributed by atoms with E-state index in [1.54, 1.807) is 11.4 Å². The number of nitrogens with zero attached hydrogens (tertiary/aromatic N) is 4. The highest BCUT2D eigenvalue weighted by molar-refractivity contribution is 7.91. The Bertz CT molecular complexity index is 1100. The van der Waals surface area contributed by atoms with Crippen LogP contribution in [0.4, 0.5) is 5.82 Å². The molecule has 0 bridgehead atoms. The van der Waals surface area contributed by atoms with Crippen LogP contribution in [0.15, 0.2) is 24.3 Å². The van der Waals surface area contributed by atoms with E-state index in [2.05, 4.69) is 10.1 Å². The number of para-hydroxylation sites is 1. The first-order valence-electron chi connectivity index (χ1n) is 8.08. The number of carbonyl (C=O) groups is 1. The molecule has 3 aromatic rings.